The molecule has 1 N–H and O–H groups in total. The molecule has 0 spiro atoms. The van der Waals surface area contributed by atoms with Gasteiger partial charge in [-0.1, -0.05) is 44.9 Å². The summed E-state index contributed by atoms with van der Waals surface area (Å²) >= 11 is 0. The van der Waals surface area contributed by atoms with E-state index < -0.39 is 0 Å². The molecule has 1 nitrogen and oxygen atoms in total. The van der Waals surface area contributed by atoms with Crippen LogP contribution in [0.4, 0.5) is 0 Å². The van der Waals surface area contributed by atoms with Crippen molar-refractivity contribution in [2.45, 2.75) is 53.5 Å². The Hall–Kier alpha value is -0.820. The Morgan fingerprint density at radius 1 is 1.06 bits per heavy atom. The van der Waals surface area contributed by atoms with E-state index in [2.05, 4.69) is 58.1 Å². The fraction of sp³-hybridized carbons (Fsp3) is 0.625. The minimum absolute atomic E-state index is 0.454. The fourth-order valence-electron chi connectivity index (χ4n) is 2.07. The van der Waals surface area contributed by atoms with E-state index in [1.165, 1.54) is 29.5 Å². The minimum Gasteiger partial charge on any atom is -0.310 e. The Kier molecular flexibility index (Phi) is 5.70. The predicted molar refractivity (Wildman–Crippen MR) is 76.4 cm³/mol. The van der Waals surface area contributed by atoms with Crippen LogP contribution in [-0.4, -0.2) is 6.54 Å². The van der Waals surface area contributed by atoms with Gasteiger partial charge < -0.3 is 5.32 Å². The lowest BCUT2D eigenvalue weighted by Gasteiger charge is -2.19. The molecule has 0 aliphatic carbocycles. The maximum Gasteiger partial charge on any atom is 0.0292 e. The summed E-state index contributed by atoms with van der Waals surface area (Å²) in [6.07, 6.45) is 2.53. The second-order valence-electron chi connectivity index (χ2n) is 5.16. The summed E-state index contributed by atoms with van der Waals surface area (Å²) in [5.41, 5.74) is 4.17. The molecule has 1 heteroatoms. The first-order chi connectivity index (χ1) is 8.08. The largest absolute Gasteiger partial charge is 0.310 e. The molecule has 1 atom stereocenters. The van der Waals surface area contributed by atoms with E-state index in [-0.39, 0.29) is 0 Å². The Bertz CT molecular complexity index is 339. The van der Waals surface area contributed by atoms with E-state index in [9.17, 15) is 0 Å². The van der Waals surface area contributed by atoms with Crippen molar-refractivity contribution in [3.8, 4) is 0 Å². The lowest BCUT2D eigenvalue weighted by molar-refractivity contribution is 0.422. The quantitative estimate of drug-likeness (QED) is 0.768. The first-order valence-electron chi connectivity index (χ1n) is 6.89. The average molecular weight is 233 g/mol. The second-order valence-corrected chi connectivity index (χ2v) is 5.16. The molecule has 96 valence electrons. The van der Waals surface area contributed by atoms with Gasteiger partial charge in [0, 0.05) is 6.04 Å². The molecule has 1 aromatic rings. The molecule has 0 saturated heterocycles. The fourth-order valence-corrected chi connectivity index (χ4v) is 2.07. The van der Waals surface area contributed by atoms with E-state index in [0.717, 1.165) is 12.5 Å². The van der Waals surface area contributed by atoms with Crippen LogP contribution in [0.1, 0.15) is 56.3 Å². The molecule has 17 heavy (non-hydrogen) atoms. The van der Waals surface area contributed by atoms with Crippen molar-refractivity contribution < 1.29 is 0 Å². The number of hydrogen-bond donors (Lipinski definition) is 1. The van der Waals surface area contributed by atoms with Crippen LogP contribution in [0.5, 0.6) is 0 Å². The molecule has 0 amide bonds. The Labute approximate surface area is 107 Å². The van der Waals surface area contributed by atoms with E-state index in [1.54, 1.807) is 0 Å². The molecule has 1 aromatic carbocycles. The molecule has 1 unspecified atom stereocenters. The molecule has 0 aliphatic rings. The molecule has 0 radical (unpaired) electrons. The molecule has 0 aliphatic heterocycles. The van der Waals surface area contributed by atoms with Crippen molar-refractivity contribution in [1.82, 2.24) is 5.32 Å². The van der Waals surface area contributed by atoms with Crippen LogP contribution >= 0.6 is 0 Å². The molecular formula is C16H27N. The van der Waals surface area contributed by atoms with Crippen LogP contribution in [0.15, 0.2) is 18.2 Å². The number of nitrogens with one attached hydrogen (secondary N) is 1. The number of rotatable bonds is 6. The highest BCUT2D eigenvalue weighted by atomic mass is 14.9. The Morgan fingerprint density at radius 3 is 2.24 bits per heavy atom. The maximum absolute atomic E-state index is 3.65. The molecular weight excluding hydrogens is 206 g/mol. The summed E-state index contributed by atoms with van der Waals surface area (Å²) < 4.78 is 0. The first kappa shape index (κ1) is 14.2. The molecule has 0 bridgehead atoms. The summed E-state index contributed by atoms with van der Waals surface area (Å²) in [6.45, 7) is 12.3. The van der Waals surface area contributed by atoms with Crippen molar-refractivity contribution in [1.29, 1.82) is 0 Å². The summed E-state index contributed by atoms with van der Waals surface area (Å²) in [4.78, 5) is 0. The van der Waals surface area contributed by atoms with Gasteiger partial charge in [0.25, 0.3) is 0 Å². The van der Waals surface area contributed by atoms with Crippen molar-refractivity contribution in [2.24, 2.45) is 5.92 Å². The van der Waals surface area contributed by atoms with E-state index in [4.69, 9.17) is 0 Å². The summed E-state index contributed by atoms with van der Waals surface area (Å²) in [7, 11) is 0. The Balaban J connectivity index is 2.57. The lowest BCUT2D eigenvalue weighted by atomic mass is 10.00. The van der Waals surface area contributed by atoms with Gasteiger partial charge in [0.1, 0.15) is 0 Å². The number of hydrogen-bond acceptors (Lipinski definition) is 1. The zero-order valence-electron chi connectivity index (χ0n) is 12.0. The SMILES string of the molecule is CCC(CC)CNC(C)c1ccc(C)c(C)c1. The van der Waals surface area contributed by atoms with Crippen LogP contribution in [-0.2, 0) is 0 Å². The van der Waals surface area contributed by atoms with Crippen LogP contribution < -0.4 is 5.32 Å². The topological polar surface area (TPSA) is 12.0 Å². The zero-order chi connectivity index (χ0) is 12.8. The smallest absolute Gasteiger partial charge is 0.0292 e. The third-order valence-electron chi connectivity index (χ3n) is 3.90. The van der Waals surface area contributed by atoms with Crippen molar-refractivity contribution >= 4 is 0 Å². The predicted octanol–water partition coefficient (Wildman–Crippen LogP) is 4.39. The minimum atomic E-state index is 0.454. The van der Waals surface area contributed by atoms with Gasteiger partial charge in [0.15, 0.2) is 0 Å². The third-order valence-corrected chi connectivity index (χ3v) is 3.90. The number of benzene rings is 1. The van der Waals surface area contributed by atoms with Crippen LogP contribution in [0.25, 0.3) is 0 Å². The maximum atomic E-state index is 3.65. The summed E-state index contributed by atoms with van der Waals surface area (Å²) in [5, 5.41) is 3.65. The van der Waals surface area contributed by atoms with E-state index in [1.807, 2.05) is 0 Å². The molecule has 0 heterocycles. The van der Waals surface area contributed by atoms with Gasteiger partial charge in [-0.3, -0.25) is 0 Å². The second kappa shape index (κ2) is 6.80. The van der Waals surface area contributed by atoms with E-state index >= 15 is 0 Å². The van der Waals surface area contributed by atoms with Crippen LogP contribution in [0, 0.1) is 19.8 Å². The van der Waals surface area contributed by atoms with E-state index in [0.29, 0.717) is 6.04 Å². The summed E-state index contributed by atoms with van der Waals surface area (Å²) in [5.74, 6) is 0.809. The summed E-state index contributed by atoms with van der Waals surface area (Å²) in [6, 6.07) is 7.22. The third kappa shape index (κ3) is 4.16. The van der Waals surface area contributed by atoms with Crippen LogP contribution in [0.3, 0.4) is 0 Å². The van der Waals surface area contributed by atoms with Gasteiger partial charge in [-0.05, 0) is 49.9 Å². The van der Waals surface area contributed by atoms with Gasteiger partial charge in [0.2, 0.25) is 0 Å². The van der Waals surface area contributed by atoms with Crippen molar-refractivity contribution in [3.05, 3.63) is 34.9 Å². The van der Waals surface area contributed by atoms with Gasteiger partial charge in [-0.25, -0.2) is 0 Å². The van der Waals surface area contributed by atoms with Gasteiger partial charge >= 0.3 is 0 Å². The monoisotopic (exact) mass is 233 g/mol. The lowest BCUT2D eigenvalue weighted by Crippen LogP contribution is -2.25. The molecule has 0 saturated carbocycles. The number of aryl methyl sites for hydroxylation is 2. The normalized spacial score (nSPS) is 13.1. The Morgan fingerprint density at radius 2 is 1.71 bits per heavy atom. The van der Waals surface area contributed by atoms with Crippen molar-refractivity contribution in [3.63, 3.8) is 0 Å². The zero-order valence-corrected chi connectivity index (χ0v) is 12.0. The van der Waals surface area contributed by atoms with Crippen molar-refractivity contribution in [2.75, 3.05) is 6.54 Å². The van der Waals surface area contributed by atoms with Gasteiger partial charge in [0.05, 0.1) is 0 Å². The highest BCUT2D eigenvalue weighted by Crippen LogP contribution is 2.17. The standard InChI is InChI=1S/C16H27N/c1-6-15(7-2)11-17-14(5)16-9-8-12(3)13(4)10-16/h8-10,14-15,17H,6-7,11H2,1-5H3. The molecule has 0 aromatic heterocycles. The van der Waals surface area contributed by atoms with Gasteiger partial charge in [-0.15, -0.1) is 0 Å². The molecule has 1 rings (SSSR count). The molecule has 0 fully saturated rings. The average Bonchev–Trinajstić information content (AvgIpc) is 2.33. The first-order valence-corrected chi connectivity index (χ1v) is 6.89. The highest BCUT2D eigenvalue weighted by molar-refractivity contribution is 5.31. The van der Waals surface area contributed by atoms with Gasteiger partial charge in [-0.2, -0.15) is 0 Å². The highest BCUT2D eigenvalue weighted by Gasteiger charge is 2.08. The van der Waals surface area contributed by atoms with Crippen LogP contribution in [0.2, 0.25) is 0 Å².